The Balaban J connectivity index is 2.34. The number of nitrogens with zero attached hydrogens (tertiary/aromatic N) is 4. The van der Waals surface area contributed by atoms with E-state index in [-0.39, 0.29) is 16.0 Å². The third kappa shape index (κ3) is 2.05. The van der Waals surface area contributed by atoms with Gasteiger partial charge in [0, 0.05) is 14.1 Å². The van der Waals surface area contributed by atoms with Crippen molar-refractivity contribution >= 4 is 32.5 Å². The first-order valence-electron chi connectivity index (χ1n) is 4.85. The molecular formula is C7H11N5O4S2. The fraction of sp³-hybridized carbons (Fsp3) is 0.571. The summed E-state index contributed by atoms with van der Waals surface area (Å²) in [7, 11) is -0.945. The fourth-order valence-corrected chi connectivity index (χ4v) is 3.44. The SMILES string of the molecule is CN(C)S(=O)(=O)c1nnc(N2C(=O)NCC2O)s1. The molecule has 1 aromatic heterocycles. The van der Waals surface area contributed by atoms with Gasteiger partial charge in [-0.2, -0.15) is 0 Å². The summed E-state index contributed by atoms with van der Waals surface area (Å²) in [5, 5.41) is 19.1. The molecule has 0 bridgehead atoms. The zero-order chi connectivity index (χ0) is 13.5. The number of hydrogen-bond acceptors (Lipinski definition) is 7. The van der Waals surface area contributed by atoms with Crippen molar-refractivity contribution in [2.24, 2.45) is 0 Å². The maximum absolute atomic E-state index is 11.8. The minimum Gasteiger partial charge on any atom is -0.371 e. The van der Waals surface area contributed by atoms with E-state index in [1.165, 1.54) is 14.1 Å². The summed E-state index contributed by atoms with van der Waals surface area (Å²) < 4.78 is 24.3. The minimum atomic E-state index is -3.68. The quantitative estimate of drug-likeness (QED) is 0.665. The molecule has 1 aliphatic rings. The van der Waals surface area contributed by atoms with Crippen LogP contribution in [0.4, 0.5) is 9.93 Å². The Hall–Kier alpha value is -1.30. The van der Waals surface area contributed by atoms with Crippen LogP contribution in [0.25, 0.3) is 0 Å². The summed E-state index contributed by atoms with van der Waals surface area (Å²) in [5.41, 5.74) is 0. The first kappa shape index (κ1) is 13.1. The van der Waals surface area contributed by atoms with Crippen LogP contribution in [-0.2, 0) is 10.0 Å². The van der Waals surface area contributed by atoms with Crippen molar-refractivity contribution in [1.29, 1.82) is 0 Å². The molecule has 0 spiro atoms. The summed E-state index contributed by atoms with van der Waals surface area (Å²) in [4.78, 5) is 12.4. The van der Waals surface area contributed by atoms with Gasteiger partial charge in [0.05, 0.1) is 6.54 Å². The molecule has 1 atom stereocenters. The molecule has 2 rings (SSSR count). The Kier molecular flexibility index (Phi) is 3.23. The molecule has 11 heteroatoms. The van der Waals surface area contributed by atoms with Gasteiger partial charge in [-0.15, -0.1) is 10.2 Å². The van der Waals surface area contributed by atoms with E-state index >= 15 is 0 Å². The molecule has 9 nitrogen and oxygen atoms in total. The van der Waals surface area contributed by atoms with E-state index in [0.717, 1.165) is 20.5 Å². The molecule has 0 radical (unpaired) electrons. The summed E-state index contributed by atoms with van der Waals surface area (Å²) in [6.45, 7) is 0.0637. The van der Waals surface area contributed by atoms with Crippen molar-refractivity contribution in [2.45, 2.75) is 10.6 Å². The lowest BCUT2D eigenvalue weighted by atomic mass is 10.6. The number of aliphatic hydroxyl groups excluding tert-OH is 1. The third-order valence-electron chi connectivity index (χ3n) is 2.26. The summed E-state index contributed by atoms with van der Waals surface area (Å²) in [6.07, 6.45) is -1.07. The van der Waals surface area contributed by atoms with Gasteiger partial charge in [0.1, 0.15) is 0 Å². The standard InChI is InChI=1S/C7H11N5O4S2/c1-11(2)18(15,16)7-10-9-6(17-7)12-4(13)3-8-5(12)14/h4,13H,3H2,1-2H3,(H,8,14). The van der Waals surface area contributed by atoms with Crippen LogP contribution < -0.4 is 10.2 Å². The zero-order valence-electron chi connectivity index (χ0n) is 9.56. The van der Waals surface area contributed by atoms with Gasteiger partial charge in [-0.1, -0.05) is 11.3 Å². The highest BCUT2D eigenvalue weighted by Gasteiger charge is 2.34. The molecule has 1 aliphatic heterocycles. The van der Waals surface area contributed by atoms with Crippen LogP contribution in [-0.4, -0.2) is 60.9 Å². The van der Waals surface area contributed by atoms with Crippen LogP contribution in [0.2, 0.25) is 0 Å². The monoisotopic (exact) mass is 293 g/mol. The Labute approximate surface area is 107 Å². The van der Waals surface area contributed by atoms with Gasteiger partial charge in [-0.25, -0.2) is 22.4 Å². The average molecular weight is 293 g/mol. The van der Waals surface area contributed by atoms with Crippen molar-refractivity contribution in [3.05, 3.63) is 0 Å². The Morgan fingerprint density at radius 1 is 1.50 bits per heavy atom. The van der Waals surface area contributed by atoms with E-state index in [9.17, 15) is 18.3 Å². The lowest BCUT2D eigenvalue weighted by molar-refractivity contribution is 0.196. The molecular weight excluding hydrogens is 282 g/mol. The van der Waals surface area contributed by atoms with E-state index in [2.05, 4.69) is 15.5 Å². The number of amides is 2. The van der Waals surface area contributed by atoms with E-state index in [0.29, 0.717) is 0 Å². The second-order valence-corrected chi connectivity index (χ2v) is 6.96. The number of anilines is 1. The van der Waals surface area contributed by atoms with E-state index in [1.807, 2.05) is 0 Å². The largest absolute Gasteiger partial charge is 0.371 e. The maximum Gasteiger partial charge on any atom is 0.326 e. The molecule has 100 valence electrons. The van der Waals surface area contributed by atoms with E-state index in [4.69, 9.17) is 0 Å². The van der Waals surface area contributed by atoms with Crippen molar-refractivity contribution < 1.29 is 18.3 Å². The van der Waals surface area contributed by atoms with E-state index in [1.54, 1.807) is 0 Å². The normalized spacial score (nSPS) is 20.6. The number of hydrogen-bond donors (Lipinski definition) is 2. The topological polar surface area (TPSA) is 116 Å². The Morgan fingerprint density at radius 3 is 2.67 bits per heavy atom. The maximum atomic E-state index is 11.8. The highest BCUT2D eigenvalue weighted by Crippen LogP contribution is 2.27. The van der Waals surface area contributed by atoms with Crippen LogP contribution in [0, 0.1) is 0 Å². The predicted molar refractivity (Wildman–Crippen MR) is 62.7 cm³/mol. The van der Waals surface area contributed by atoms with Crippen LogP contribution >= 0.6 is 11.3 Å². The van der Waals surface area contributed by atoms with Gasteiger partial charge in [0.2, 0.25) is 9.47 Å². The summed E-state index contributed by atoms with van der Waals surface area (Å²) >= 11 is 0.726. The average Bonchev–Trinajstić information content (AvgIpc) is 2.86. The highest BCUT2D eigenvalue weighted by atomic mass is 32.2. The third-order valence-corrected chi connectivity index (χ3v) is 5.34. The van der Waals surface area contributed by atoms with Crippen LogP contribution in [0.1, 0.15) is 0 Å². The van der Waals surface area contributed by atoms with E-state index < -0.39 is 22.3 Å². The van der Waals surface area contributed by atoms with Gasteiger partial charge < -0.3 is 10.4 Å². The second kappa shape index (κ2) is 4.42. The molecule has 2 N–H and O–H groups in total. The van der Waals surface area contributed by atoms with Gasteiger partial charge in [0.25, 0.3) is 10.0 Å². The molecule has 2 heterocycles. The first-order chi connectivity index (χ1) is 8.34. The number of aromatic nitrogens is 2. The number of carbonyl (C=O) groups excluding carboxylic acids is 1. The molecule has 2 amide bonds. The zero-order valence-corrected chi connectivity index (χ0v) is 11.2. The summed E-state index contributed by atoms with van der Waals surface area (Å²) in [5.74, 6) is 0. The number of rotatable bonds is 3. The molecule has 1 saturated heterocycles. The van der Waals surface area contributed by atoms with Crippen LogP contribution in [0.3, 0.4) is 0 Å². The minimum absolute atomic E-state index is 0.0397. The number of carbonyl (C=O) groups is 1. The van der Waals surface area contributed by atoms with Crippen molar-refractivity contribution in [1.82, 2.24) is 19.8 Å². The first-order valence-corrected chi connectivity index (χ1v) is 7.11. The number of sulfonamides is 1. The van der Waals surface area contributed by atoms with Gasteiger partial charge in [0.15, 0.2) is 6.23 Å². The molecule has 0 aromatic carbocycles. The number of aliphatic hydroxyl groups is 1. The number of β-amino-alcohol motifs (C(OH)–C–C–N with tert-alkyl or cyclic N) is 1. The van der Waals surface area contributed by atoms with Crippen molar-refractivity contribution in [3.63, 3.8) is 0 Å². The van der Waals surface area contributed by atoms with Crippen molar-refractivity contribution in [2.75, 3.05) is 25.5 Å². The van der Waals surface area contributed by atoms with Crippen molar-refractivity contribution in [3.8, 4) is 0 Å². The summed E-state index contributed by atoms with van der Waals surface area (Å²) in [6, 6.07) is -0.535. The van der Waals surface area contributed by atoms with Gasteiger partial charge >= 0.3 is 6.03 Å². The predicted octanol–water partition coefficient (Wildman–Crippen LogP) is -1.36. The Morgan fingerprint density at radius 2 is 2.17 bits per heavy atom. The lowest BCUT2D eigenvalue weighted by Gasteiger charge is -2.13. The lowest BCUT2D eigenvalue weighted by Crippen LogP contribution is -2.33. The van der Waals surface area contributed by atoms with Gasteiger partial charge in [-0.3, -0.25) is 0 Å². The molecule has 1 fully saturated rings. The van der Waals surface area contributed by atoms with Crippen LogP contribution in [0.15, 0.2) is 4.34 Å². The van der Waals surface area contributed by atoms with Crippen LogP contribution in [0.5, 0.6) is 0 Å². The fourth-order valence-electron chi connectivity index (χ4n) is 1.27. The molecule has 0 aliphatic carbocycles. The molecule has 1 unspecified atom stereocenters. The highest BCUT2D eigenvalue weighted by molar-refractivity contribution is 7.91. The Bertz CT molecular complexity index is 568. The smallest absolute Gasteiger partial charge is 0.326 e. The number of urea groups is 1. The number of nitrogens with one attached hydrogen (secondary N) is 1. The molecule has 0 saturated carbocycles. The van der Waals surface area contributed by atoms with Gasteiger partial charge in [-0.05, 0) is 0 Å². The molecule has 1 aromatic rings. The molecule has 18 heavy (non-hydrogen) atoms. The second-order valence-electron chi connectivity index (χ2n) is 3.67.